The molecule has 1 heterocycles. The van der Waals surface area contributed by atoms with Crippen molar-refractivity contribution in [3.63, 3.8) is 0 Å². The second-order valence-corrected chi connectivity index (χ2v) is 7.15. The number of carbonyl (C=O) groups is 1. The molecule has 3 fully saturated rings. The Labute approximate surface area is 125 Å². The molecule has 3 aliphatic carbocycles. The Morgan fingerprint density at radius 2 is 2.19 bits per heavy atom. The van der Waals surface area contributed by atoms with E-state index in [0.717, 1.165) is 31.1 Å². The summed E-state index contributed by atoms with van der Waals surface area (Å²) < 4.78 is 7.78. The van der Waals surface area contributed by atoms with Crippen LogP contribution in [0.3, 0.4) is 0 Å². The van der Waals surface area contributed by atoms with Crippen LogP contribution >= 0.6 is 0 Å². The number of ether oxygens (including phenoxy) is 1. The summed E-state index contributed by atoms with van der Waals surface area (Å²) in [6.07, 6.45) is 12.9. The highest BCUT2D eigenvalue weighted by Gasteiger charge is 2.41. The molecule has 4 nitrogen and oxygen atoms in total. The molecule has 0 aliphatic heterocycles. The number of hydrogen-bond donors (Lipinski definition) is 0. The van der Waals surface area contributed by atoms with Crippen LogP contribution in [-0.2, 0) is 9.53 Å². The van der Waals surface area contributed by atoms with Crippen LogP contribution in [0.4, 0.5) is 0 Å². The van der Waals surface area contributed by atoms with Gasteiger partial charge in [0.1, 0.15) is 6.10 Å². The van der Waals surface area contributed by atoms with Crippen molar-refractivity contribution in [2.24, 2.45) is 17.8 Å². The van der Waals surface area contributed by atoms with Crippen molar-refractivity contribution in [2.45, 2.75) is 63.5 Å². The average Bonchev–Trinajstić information content (AvgIpc) is 3.23. The Bertz CT molecular complexity index is 499. The van der Waals surface area contributed by atoms with Gasteiger partial charge >= 0.3 is 5.97 Å². The highest BCUT2D eigenvalue weighted by atomic mass is 16.5. The molecular formula is C17H24N2O2. The van der Waals surface area contributed by atoms with Crippen LogP contribution < -0.4 is 0 Å². The normalized spacial score (nSPS) is 38.0. The summed E-state index contributed by atoms with van der Waals surface area (Å²) in [7, 11) is 0. The van der Waals surface area contributed by atoms with Crippen molar-refractivity contribution >= 4 is 5.97 Å². The van der Waals surface area contributed by atoms with Gasteiger partial charge in [0.2, 0.25) is 0 Å². The van der Waals surface area contributed by atoms with Crippen LogP contribution in [0.15, 0.2) is 18.5 Å². The van der Waals surface area contributed by atoms with Gasteiger partial charge in [-0.3, -0.25) is 9.48 Å². The van der Waals surface area contributed by atoms with Crippen molar-refractivity contribution in [3.05, 3.63) is 18.5 Å². The van der Waals surface area contributed by atoms with Crippen molar-refractivity contribution in [1.82, 2.24) is 9.78 Å². The molecule has 21 heavy (non-hydrogen) atoms. The fourth-order valence-electron chi connectivity index (χ4n) is 4.88. The van der Waals surface area contributed by atoms with Gasteiger partial charge in [0.05, 0.1) is 6.04 Å². The van der Waals surface area contributed by atoms with E-state index < -0.39 is 0 Å². The maximum Gasteiger partial charge on any atom is 0.306 e. The maximum absolute atomic E-state index is 12.3. The van der Waals surface area contributed by atoms with Crippen LogP contribution in [0.1, 0.15) is 57.4 Å². The zero-order valence-corrected chi connectivity index (χ0v) is 12.5. The third kappa shape index (κ3) is 2.60. The van der Waals surface area contributed by atoms with Crippen LogP contribution in [0, 0.1) is 17.8 Å². The summed E-state index contributed by atoms with van der Waals surface area (Å²) in [6.45, 7) is 0. The van der Waals surface area contributed by atoms with Crippen molar-refractivity contribution in [2.75, 3.05) is 0 Å². The van der Waals surface area contributed by atoms with E-state index in [9.17, 15) is 4.79 Å². The molecule has 0 radical (unpaired) electrons. The largest absolute Gasteiger partial charge is 0.460 e. The second-order valence-electron chi connectivity index (χ2n) is 7.15. The maximum atomic E-state index is 12.3. The molecule has 2 bridgehead atoms. The molecule has 4 heteroatoms. The summed E-state index contributed by atoms with van der Waals surface area (Å²) in [4.78, 5) is 12.3. The topological polar surface area (TPSA) is 44.1 Å². The Balaban J connectivity index is 1.34. The highest BCUT2D eigenvalue weighted by molar-refractivity contribution is 5.70. The molecular weight excluding hydrogens is 264 g/mol. The predicted octanol–water partition coefficient (Wildman–Crippen LogP) is 3.35. The summed E-state index contributed by atoms with van der Waals surface area (Å²) in [6, 6.07) is 2.18. The lowest BCUT2D eigenvalue weighted by atomic mass is 9.86. The lowest BCUT2D eigenvalue weighted by Gasteiger charge is -2.24. The van der Waals surface area contributed by atoms with E-state index >= 15 is 0 Å². The molecule has 3 unspecified atom stereocenters. The summed E-state index contributed by atoms with van der Waals surface area (Å²) in [5, 5.41) is 4.32. The third-order valence-electron chi connectivity index (χ3n) is 5.88. The second kappa shape index (κ2) is 5.47. The first-order chi connectivity index (χ1) is 10.3. The Morgan fingerprint density at radius 1 is 1.24 bits per heavy atom. The van der Waals surface area contributed by atoms with Crippen LogP contribution in [0.2, 0.25) is 0 Å². The molecule has 0 saturated heterocycles. The van der Waals surface area contributed by atoms with E-state index in [0.29, 0.717) is 12.3 Å². The van der Waals surface area contributed by atoms with Gasteiger partial charge < -0.3 is 4.74 Å². The zero-order chi connectivity index (χ0) is 14.2. The lowest BCUT2D eigenvalue weighted by molar-refractivity contribution is -0.152. The van der Waals surface area contributed by atoms with E-state index in [1.54, 1.807) is 6.20 Å². The Morgan fingerprint density at radius 3 is 2.90 bits per heavy atom. The number of carbonyl (C=O) groups excluding carboxylic acids is 1. The average molecular weight is 288 g/mol. The smallest absolute Gasteiger partial charge is 0.306 e. The number of hydrogen-bond acceptors (Lipinski definition) is 3. The number of fused-ring (bicyclic) bond motifs is 2. The molecule has 3 aliphatic rings. The number of rotatable bonds is 4. The minimum absolute atomic E-state index is 0.0241. The number of aromatic nitrogens is 2. The molecule has 0 N–H and O–H groups in total. The molecule has 0 amide bonds. The quantitative estimate of drug-likeness (QED) is 0.798. The van der Waals surface area contributed by atoms with Crippen LogP contribution in [0.5, 0.6) is 0 Å². The van der Waals surface area contributed by atoms with E-state index in [1.807, 2.05) is 16.9 Å². The molecule has 4 rings (SSSR count). The molecule has 3 saturated carbocycles. The van der Waals surface area contributed by atoms with E-state index in [2.05, 4.69) is 5.10 Å². The van der Waals surface area contributed by atoms with Gasteiger partial charge in [-0.25, -0.2) is 0 Å². The number of nitrogens with zero attached hydrogens (tertiary/aromatic N) is 2. The van der Waals surface area contributed by atoms with Crippen molar-refractivity contribution < 1.29 is 9.53 Å². The highest BCUT2D eigenvalue weighted by Crippen LogP contribution is 2.49. The molecule has 1 aromatic rings. The molecule has 0 aromatic carbocycles. The van der Waals surface area contributed by atoms with Crippen molar-refractivity contribution in [3.8, 4) is 0 Å². The summed E-state index contributed by atoms with van der Waals surface area (Å²) in [5.74, 6) is 2.32. The van der Waals surface area contributed by atoms with Crippen molar-refractivity contribution in [1.29, 1.82) is 0 Å². The monoisotopic (exact) mass is 288 g/mol. The van der Waals surface area contributed by atoms with Gasteiger partial charge in [-0.15, -0.1) is 0 Å². The van der Waals surface area contributed by atoms with Gasteiger partial charge in [0, 0.05) is 18.8 Å². The minimum atomic E-state index is 0.0241. The fraction of sp³-hybridized carbons (Fsp3) is 0.765. The van der Waals surface area contributed by atoms with Gasteiger partial charge in [-0.05, 0) is 62.3 Å². The molecule has 0 spiro atoms. The first kappa shape index (κ1) is 13.4. The van der Waals surface area contributed by atoms with Crippen LogP contribution in [-0.4, -0.2) is 21.9 Å². The first-order valence-electron chi connectivity index (χ1n) is 8.48. The summed E-state index contributed by atoms with van der Waals surface area (Å²) in [5.41, 5.74) is 0. The van der Waals surface area contributed by atoms with E-state index in [1.165, 1.54) is 25.7 Å². The molecule has 114 valence electrons. The summed E-state index contributed by atoms with van der Waals surface area (Å²) >= 11 is 0. The van der Waals surface area contributed by atoms with Gasteiger partial charge in [0.15, 0.2) is 0 Å². The SMILES string of the molecule is O=C(CC1CC2CCC1C2)O[C@@H]1CCC[C@H]1n1cccn1. The molecule has 5 atom stereocenters. The van der Waals surface area contributed by atoms with Gasteiger partial charge in [0.25, 0.3) is 0 Å². The van der Waals surface area contributed by atoms with Gasteiger partial charge in [-0.2, -0.15) is 5.10 Å². The first-order valence-corrected chi connectivity index (χ1v) is 8.48. The van der Waals surface area contributed by atoms with E-state index in [-0.39, 0.29) is 18.1 Å². The number of esters is 1. The Hall–Kier alpha value is -1.32. The molecule has 1 aromatic heterocycles. The lowest BCUT2D eigenvalue weighted by Crippen LogP contribution is -2.27. The van der Waals surface area contributed by atoms with Gasteiger partial charge in [-0.1, -0.05) is 6.42 Å². The Kier molecular flexibility index (Phi) is 3.48. The standard InChI is InChI=1S/C17H24N2O2/c20-17(11-14-10-12-5-6-13(14)9-12)21-16-4-1-3-15(16)19-8-2-7-18-19/h2,7-8,12-16H,1,3-6,9-11H2/t12?,13?,14?,15-,16-/m1/s1. The van der Waals surface area contributed by atoms with Crippen LogP contribution in [0.25, 0.3) is 0 Å². The third-order valence-corrected chi connectivity index (χ3v) is 5.88. The predicted molar refractivity (Wildman–Crippen MR) is 78.6 cm³/mol. The zero-order valence-electron chi connectivity index (χ0n) is 12.5. The minimum Gasteiger partial charge on any atom is -0.460 e. The fourth-order valence-corrected chi connectivity index (χ4v) is 4.88. The van der Waals surface area contributed by atoms with E-state index in [4.69, 9.17) is 4.74 Å².